The minimum Gasteiger partial charge on any atom is -0.382 e. The van der Waals surface area contributed by atoms with E-state index in [4.69, 9.17) is 14.2 Å². The molecule has 74 valence electrons. The van der Waals surface area contributed by atoms with Crippen molar-refractivity contribution in [3.63, 3.8) is 0 Å². The summed E-state index contributed by atoms with van der Waals surface area (Å²) in [5.74, 6) is 0. The first-order valence-corrected chi connectivity index (χ1v) is 4.15. The molecule has 0 aromatic carbocycles. The van der Waals surface area contributed by atoms with E-state index in [1.54, 1.807) is 14.2 Å². The molecule has 0 amide bonds. The van der Waals surface area contributed by atoms with Crippen LogP contribution in [-0.4, -0.2) is 39.1 Å². The third-order valence-electron chi connectivity index (χ3n) is 1.39. The summed E-state index contributed by atoms with van der Waals surface area (Å²) in [6.45, 7) is 7.21. The molecule has 0 aliphatic heterocycles. The van der Waals surface area contributed by atoms with Gasteiger partial charge in [-0.25, -0.2) is 0 Å². The largest absolute Gasteiger partial charge is 0.382 e. The average Bonchev–Trinajstić information content (AvgIpc) is 1.96. The second-order valence-corrected chi connectivity index (χ2v) is 3.74. The maximum Gasteiger partial charge on any atom is 0.104 e. The zero-order valence-corrected chi connectivity index (χ0v) is 8.72. The highest BCUT2D eigenvalue weighted by Crippen LogP contribution is 2.07. The smallest absolute Gasteiger partial charge is 0.104 e. The van der Waals surface area contributed by atoms with Gasteiger partial charge < -0.3 is 14.2 Å². The Kier molecular flexibility index (Phi) is 5.46. The van der Waals surface area contributed by atoms with E-state index < -0.39 is 0 Å². The van der Waals surface area contributed by atoms with Gasteiger partial charge in [-0.05, 0) is 20.8 Å². The van der Waals surface area contributed by atoms with Crippen molar-refractivity contribution in [2.45, 2.75) is 32.5 Å². The standard InChI is InChI=1S/C9H20O3/c1-9(2,3)12-7-8(11-5)6-10-4/h8H,6-7H2,1-5H3/t8-/m0/s1. The van der Waals surface area contributed by atoms with Crippen molar-refractivity contribution < 1.29 is 14.2 Å². The predicted molar refractivity (Wildman–Crippen MR) is 48.4 cm³/mol. The lowest BCUT2D eigenvalue weighted by Crippen LogP contribution is -2.30. The van der Waals surface area contributed by atoms with Crippen LogP contribution in [-0.2, 0) is 14.2 Å². The molecule has 1 atom stereocenters. The molecular formula is C9H20O3. The summed E-state index contributed by atoms with van der Waals surface area (Å²) < 4.78 is 15.6. The van der Waals surface area contributed by atoms with Gasteiger partial charge in [-0.3, -0.25) is 0 Å². The van der Waals surface area contributed by atoms with E-state index in [2.05, 4.69) is 0 Å². The Bertz CT molecular complexity index is 107. The van der Waals surface area contributed by atoms with Crippen LogP contribution in [0.4, 0.5) is 0 Å². The van der Waals surface area contributed by atoms with Gasteiger partial charge in [0.2, 0.25) is 0 Å². The van der Waals surface area contributed by atoms with E-state index in [1.807, 2.05) is 20.8 Å². The van der Waals surface area contributed by atoms with Crippen LogP contribution in [0.5, 0.6) is 0 Å². The van der Waals surface area contributed by atoms with Crippen LogP contribution < -0.4 is 0 Å². The van der Waals surface area contributed by atoms with Gasteiger partial charge in [-0.1, -0.05) is 0 Å². The molecule has 0 heterocycles. The first-order valence-electron chi connectivity index (χ1n) is 4.15. The van der Waals surface area contributed by atoms with E-state index in [1.165, 1.54) is 0 Å². The maximum atomic E-state index is 5.53. The molecule has 3 nitrogen and oxygen atoms in total. The molecule has 0 rings (SSSR count). The van der Waals surface area contributed by atoms with Gasteiger partial charge in [0.15, 0.2) is 0 Å². The van der Waals surface area contributed by atoms with Gasteiger partial charge in [-0.15, -0.1) is 0 Å². The molecule has 3 heteroatoms. The second-order valence-electron chi connectivity index (χ2n) is 3.74. The molecule has 0 N–H and O–H groups in total. The number of hydrogen-bond donors (Lipinski definition) is 0. The van der Waals surface area contributed by atoms with Crippen LogP contribution in [0.3, 0.4) is 0 Å². The van der Waals surface area contributed by atoms with Crippen LogP contribution in [0, 0.1) is 0 Å². The molecule has 0 fully saturated rings. The lowest BCUT2D eigenvalue weighted by molar-refractivity contribution is -0.0794. The summed E-state index contributed by atoms with van der Waals surface area (Å²) in [5.41, 5.74) is -0.107. The Labute approximate surface area is 75.0 Å². The van der Waals surface area contributed by atoms with E-state index >= 15 is 0 Å². The van der Waals surface area contributed by atoms with Crippen LogP contribution in [0.1, 0.15) is 20.8 Å². The molecule has 12 heavy (non-hydrogen) atoms. The zero-order chi connectivity index (χ0) is 9.61. The molecule has 0 aromatic rings. The minimum atomic E-state index is -0.107. The monoisotopic (exact) mass is 176 g/mol. The predicted octanol–water partition coefficient (Wildman–Crippen LogP) is 1.46. The number of hydrogen-bond acceptors (Lipinski definition) is 3. The normalized spacial score (nSPS) is 14.8. The molecule has 0 saturated carbocycles. The fourth-order valence-electron chi connectivity index (χ4n) is 0.713. The molecule has 0 radical (unpaired) electrons. The fraction of sp³-hybridized carbons (Fsp3) is 1.00. The van der Waals surface area contributed by atoms with Crippen molar-refractivity contribution in [2.24, 2.45) is 0 Å². The topological polar surface area (TPSA) is 27.7 Å². The first-order chi connectivity index (χ1) is 5.49. The molecule has 0 spiro atoms. The van der Waals surface area contributed by atoms with Crippen LogP contribution >= 0.6 is 0 Å². The van der Waals surface area contributed by atoms with Crippen molar-refractivity contribution in [3.8, 4) is 0 Å². The Morgan fingerprint density at radius 2 is 1.67 bits per heavy atom. The summed E-state index contributed by atoms with van der Waals surface area (Å²) >= 11 is 0. The molecule has 0 aliphatic rings. The van der Waals surface area contributed by atoms with Gasteiger partial charge in [0, 0.05) is 14.2 Å². The van der Waals surface area contributed by atoms with Gasteiger partial charge in [0.05, 0.1) is 18.8 Å². The SMILES string of the molecule is COC[C@@H](COC(C)(C)C)OC. The van der Waals surface area contributed by atoms with Crippen molar-refractivity contribution in [1.82, 2.24) is 0 Å². The molecule has 0 unspecified atom stereocenters. The number of ether oxygens (including phenoxy) is 3. The van der Waals surface area contributed by atoms with Gasteiger partial charge in [0.1, 0.15) is 6.10 Å². The number of rotatable bonds is 5. The summed E-state index contributed by atoms with van der Waals surface area (Å²) in [7, 11) is 3.32. The van der Waals surface area contributed by atoms with Crippen molar-refractivity contribution in [2.75, 3.05) is 27.4 Å². The highest BCUT2D eigenvalue weighted by molar-refractivity contribution is 4.62. The molecular weight excluding hydrogens is 156 g/mol. The van der Waals surface area contributed by atoms with E-state index in [0.717, 1.165) is 0 Å². The molecule has 0 bridgehead atoms. The van der Waals surface area contributed by atoms with Crippen LogP contribution in [0.25, 0.3) is 0 Å². The third kappa shape index (κ3) is 6.58. The molecule has 0 aliphatic carbocycles. The van der Waals surface area contributed by atoms with Crippen molar-refractivity contribution in [1.29, 1.82) is 0 Å². The Morgan fingerprint density at radius 1 is 1.08 bits per heavy atom. The van der Waals surface area contributed by atoms with Crippen molar-refractivity contribution >= 4 is 0 Å². The van der Waals surface area contributed by atoms with E-state index in [9.17, 15) is 0 Å². The first kappa shape index (κ1) is 11.9. The summed E-state index contributed by atoms with van der Waals surface area (Å²) in [6, 6.07) is 0. The Morgan fingerprint density at radius 3 is 2.00 bits per heavy atom. The molecule has 0 aromatic heterocycles. The van der Waals surface area contributed by atoms with Gasteiger partial charge in [0.25, 0.3) is 0 Å². The highest BCUT2D eigenvalue weighted by Gasteiger charge is 2.14. The van der Waals surface area contributed by atoms with Crippen molar-refractivity contribution in [3.05, 3.63) is 0 Å². The fourth-order valence-corrected chi connectivity index (χ4v) is 0.713. The maximum absolute atomic E-state index is 5.53. The van der Waals surface area contributed by atoms with E-state index in [-0.39, 0.29) is 11.7 Å². The van der Waals surface area contributed by atoms with Gasteiger partial charge in [-0.2, -0.15) is 0 Å². The summed E-state index contributed by atoms with van der Waals surface area (Å²) in [4.78, 5) is 0. The summed E-state index contributed by atoms with van der Waals surface area (Å²) in [5, 5.41) is 0. The van der Waals surface area contributed by atoms with E-state index in [0.29, 0.717) is 13.2 Å². The van der Waals surface area contributed by atoms with Crippen LogP contribution in [0.2, 0.25) is 0 Å². The number of methoxy groups -OCH3 is 2. The third-order valence-corrected chi connectivity index (χ3v) is 1.39. The highest BCUT2D eigenvalue weighted by atomic mass is 16.6. The van der Waals surface area contributed by atoms with Gasteiger partial charge >= 0.3 is 0 Å². The van der Waals surface area contributed by atoms with Crippen LogP contribution in [0.15, 0.2) is 0 Å². The lowest BCUT2D eigenvalue weighted by atomic mass is 10.2. The Balaban J connectivity index is 3.58. The average molecular weight is 176 g/mol. The zero-order valence-electron chi connectivity index (χ0n) is 8.72. The minimum absolute atomic E-state index is 0.0363. The Hall–Kier alpha value is -0.120. The quantitative estimate of drug-likeness (QED) is 0.634. The molecule has 0 saturated heterocycles. The second kappa shape index (κ2) is 5.51. The summed E-state index contributed by atoms with van der Waals surface area (Å²) in [6.07, 6.45) is 0.0363. The lowest BCUT2D eigenvalue weighted by Gasteiger charge is -2.23.